The maximum atomic E-state index is 14.3. The van der Waals surface area contributed by atoms with Crippen LogP contribution in [0, 0.1) is 11.6 Å². The number of rotatable bonds is 0. The summed E-state index contributed by atoms with van der Waals surface area (Å²) >= 11 is 1.51. The van der Waals surface area contributed by atoms with Gasteiger partial charge in [-0.2, -0.15) is 0 Å². The molecule has 1 heterocycles. The lowest BCUT2D eigenvalue weighted by molar-refractivity contribution is 0.526. The van der Waals surface area contributed by atoms with E-state index in [2.05, 4.69) is 0 Å². The molecule has 0 atom stereocenters. The monoisotopic (exact) mass is 270 g/mol. The molecule has 0 fully saturated rings. The quantitative estimate of drug-likeness (QED) is 0.396. The van der Waals surface area contributed by atoms with E-state index in [0.717, 1.165) is 20.2 Å². The minimum atomic E-state index is -0.758. The lowest BCUT2D eigenvalue weighted by atomic mass is 10.0. The molecule has 0 amide bonds. The van der Waals surface area contributed by atoms with Crippen molar-refractivity contribution in [2.45, 2.75) is 0 Å². The van der Waals surface area contributed by atoms with Crippen molar-refractivity contribution >= 4 is 42.3 Å². The SMILES string of the molecule is Fc1c(F)c2c3ccccc3sc2c2ccccc12. The Hall–Kier alpha value is -2.00. The van der Waals surface area contributed by atoms with Gasteiger partial charge in [-0.15, -0.1) is 11.3 Å². The Kier molecular flexibility index (Phi) is 2.15. The first-order valence-electron chi connectivity index (χ1n) is 5.94. The van der Waals surface area contributed by atoms with Crippen molar-refractivity contribution in [3.63, 3.8) is 0 Å². The minimum Gasteiger partial charge on any atom is -0.203 e. The summed E-state index contributed by atoms with van der Waals surface area (Å²) in [5.74, 6) is -1.50. The van der Waals surface area contributed by atoms with E-state index in [4.69, 9.17) is 0 Å². The van der Waals surface area contributed by atoms with Crippen LogP contribution in [0.4, 0.5) is 8.78 Å². The van der Waals surface area contributed by atoms with Crippen LogP contribution in [0.2, 0.25) is 0 Å². The zero-order valence-corrected chi connectivity index (χ0v) is 10.6. The molecule has 0 N–H and O–H groups in total. The summed E-state index contributed by atoms with van der Waals surface area (Å²) < 4.78 is 30.3. The highest BCUT2D eigenvalue weighted by atomic mass is 32.1. The molecule has 0 saturated heterocycles. The highest BCUT2D eigenvalue weighted by Crippen LogP contribution is 2.41. The van der Waals surface area contributed by atoms with Crippen LogP contribution in [0.25, 0.3) is 30.9 Å². The predicted molar refractivity (Wildman–Crippen MR) is 76.8 cm³/mol. The summed E-state index contributed by atoms with van der Waals surface area (Å²) in [5, 5.41) is 2.30. The van der Waals surface area contributed by atoms with Gasteiger partial charge in [-0.1, -0.05) is 42.5 Å². The third kappa shape index (κ3) is 1.36. The van der Waals surface area contributed by atoms with Crippen LogP contribution in [-0.2, 0) is 0 Å². The molecule has 0 unspecified atom stereocenters. The largest absolute Gasteiger partial charge is 0.203 e. The summed E-state index contributed by atoms with van der Waals surface area (Å²) in [4.78, 5) is 0. The number of hydrogen-bond acceptors (Lipinski definition) is 1. The third-order valence-corrected chi connectivity index (χ3v) is 4.62. The van der Waals surface area contributed by atoms with Crippen LogP contribution in [0.1, 0.15) is 0 Å². The zero-order chi connectivity index (χ0) is 13.0. The Balaban J connectivity index is 2.41. The lowest BCUT2D eigenvalue weighted by Gasteiger charge is -2.03. The summed E-state index contributed by atoms with van der Waals surface area (Å²) in [6, 6.07) is 14.6. The van der Waals surface area contributed by atoms with Crippen LogP contribution in [0.3, 0.4) is 0 Å². The Morgan fingerprint density at radius 2 is 1.32 bits per heavy atom. The van der Waals surface area contributed by atoms with Gasteiger partial charge in [-0.25, -0.2) is 8.78 Å². The number of benzene rings is 3. The molecule has 1 aromatic heterocycles. The molecule has 3 aromatic carbocycles. The van der Waals surface area contributed by atoms with E-state index < -0.39 is 11.6 Å². The van der Waals surface area contributed by atoms with E-state index >= 15 is 0 Å². The van der Waals surface area contributed by atoms with Crippen molar-refractivity contribution in [3.8, 4) is 0 Å². The third-order valence-electron chi connectivity index (χ3n) is 3.42. The fraction of sp³-hybridized carbons (Fsp3) is 0. The van der Waals surface area contributed by atoms with Gasteiger partial charge in [-0.05, 0) is 6.07 Å². The topological polar surface area (TPSA) is 0 Å². The van der Waals surface area contributed by atoms with Crippen LogP contribution < -0.4 is 0 Å². The normalized spacial score (nSPS) is 11.7. The van der Waals surface area contributed by atoms with Crippen LogP contribution >= 0.6 is 11.3 Å². The molecule has 0 aliphatic heterocycles. The zero-order valence-electron chi connectivity index (χ0n) is 9.78. The first-order chi connectivity index (χ1) is 9.27. The van der Waals surface area contributed by atoms with Gasteiger partial charge in [-0.3, -0.25) is 0 Å². The summed E-state index contributed by atoms with van der Waals surface area (Å²) in [7, 11) is 0. The predicted octanol–water partition coefficient (Wildman–Crippen LogP) is 5.49. The van der Waals surface area contributed by atoms with Gasteiger partial charge < -0.3 is 0 Å². The Morgan fingerprint density at radius 1 is 0.684 bits per heavy atom. The number of fused-ring (bicyclic) bond motifs is 5. The molecule has 0 spiro atoms. The first-order valence-corrected chi connectivity index (χ1v) is 6.76. The van der Waals surface area contributed by atoms with Crippen molar-refractivity contribution in [1.29, 1.82) is 0 Å². The Bertz CT molecular complexity index is 938. The maximum absolute atomic E-state index is 14.3. The van der Waals surface area contributed by atoms with Crippen molar-refractivity contribution < 1.29 is 8.78 Å². The molecule has 0 saturated carbocycles. The minimum absolute atomic E-state index is 0.346. The van der Waals surface area contributed by atoms with Crippen molar-refractivity contribution in [2.75, 3.05) is 0 Å². The Labute approximate surface area is 111 Å². The van der Waals surface area contributed by atoms with Crippen LogP contribution in [-0.4, -0.2) is 0 Å². The van der Waals surface area contributed by atoms with Gasteiger partial charge in [0.15, 0.2) is 11.6 Å². The van der Waals surface area contributed by atoms with Gasteiger partial charge in [0, 0.05) is 30.9 Å². The second-order valence-corrected chi connectivity index (χ2v) is 5.53. The fourth-order valence-corrected chi connectivity index (χ4v) is 3.79. The second kappa shape index (κ2) is 3.75. The number of hydrogen-bond donors (Lipinski definition) is 0. The number of thiophene rings is 1. The molecule has 0 nitrogen and oxygen atoms in total. The number of halogens is 2. The van der Waals surface area contributed by atoms with Crippen LogP contribution in [0.5, 0.6) is 0 Å². The van der Waals surface area contributed by atoms with Gasteiger partial charge >= 0.3 is 0 Å². The van der Waals surface area contributed by atoms with E-state index in [0.29, 0.717) is 10.8 Å². The van der Waals surface area contributed by atoms with E-state index in [1.54, 1.807) is 12.1 Å². The molecule has 92 valence electrons. The Morgan fingerprint density at radius 3 is 2.11 bits per heavy atom. The van der Waals surface area contributed by atoms with E-state index in [9.17, 15) is 8.78 Å². The average Bonchev–Trinajstić information content (AvgIpc) is 2.84. The average molecular weight is 270 g/mol. The lowest BCUT2D eigenvalue weighted by Crippen LogP contribution is -1.87. The second-order valence-electron chi connectivity index (χ2n) is 4.48. The summed E-state index contributed by atoms with van der Waals surface area (Å²) in [5.41, 5.74) is 0. The van der Waals surface area contributed by atoms with Gasteiger partial charge in [0.25, 0.3) is 0 Å². The highest BCUT2D eigenvalue weighted by molar-refractivity contribution is 7.26. The summed E-state index contributed by atoms with van der Waals surface area (Å²) in [6.07, 6.45) is 0. The van der Waals surface area contributed by atoms with E-state index in [-0.39, 0.29) is 0 Å². The molecular weight excluding hydrogens is 262 g/mol. The van der Waals surface area contributed by atoms with Crippen molar-refractivity contribution in [2.24, 2.45) is 0 Å². The van der Waals surface area contributed by atoms with Gasteiger partial charge in [0.05, 0.1) is 0 Å². The molecule has 0 aliphatic carbocycles. The van der Waals surface area contributed by atoms with E-state index in [1.165, 1.54) is 11.3 Å². The molecule has 3 heteroatoms. The van der Waals surface area contributed by atoms with Crippen molar-refractivity contribution in [1.82, 2.24) is 0 Å². The smallest absolute Gasteiger partial charge is 0.168 e. The van der Waals surface area contributed by atoms with Crippen LogP contribution in [0.15, 0.2) is 48.5 Å². The van der Waals surface area contributed by atoms with Gasteiger partial charge in [0.1, 0.15) is 0 Å². The molecule has 0 radical (unpaired) electrons. The molecule has 0 bridgehead atoms. The van der Waals surface area contributed by atoms with Gasteiger partial charge in [0.2, 0.25) is 0 Å². The molecule has 4 rings (SSSR count). The molecule has 0 aliphatic rings. The molecule has 4 aromatic rings. The maximum Gasteiger partial charge on any atom is 0.168 e. The standard InChI is InChI=1S/C16H8F2S/c17-14-9-5-1-2-6-10(9)16-13(15(14)18)11-7-3-4-8-12(11)19-16/h1-8H. The van der Waals surface area contributed by atoms with Crippen molar-refractivity contribution in [3.05, 3.63) is 60.2 Å². The molecule has 19 heavy (non-hydrogen) atoms. The first kappa shape index (κ1) is 10.9. The summed E-state index contributed by atoms with van der Waals surface area (Å²) in [6.45, 7) is 0. The highest BCUT2D eigenvalue weighted by Gasteiger charge is 2.18. The van der Waals surface area contributed by atoms with E-state index in [1.807, 2.05) is 36.4 Å². The molecular formula is C16H8F2S. The fourth-order valence-electron chi connectivity index (χ4n) is 2.55.